The van der Waals surface area contributed by atoms with Crippen molar-refractivity contribution in [1.82, 2.24) is 10.2 Å². The second kappa shape index (κ2) is 14.4. The van der Waals surface area contributed by atoms with Gasteiger partial charge in [0.1, 0.15) is 0 Å². The fraction of sp³-hybridized carbons (Fsp3) is 0.900. The Labute approximate surface area is 181 Å². The number of nitrogens with zero attached hydrogens (tertiary/aromatic N) is 2. The summed E-state index contributed by atoms with van der Waals surface area (Å²) in [7, 11) is 0. The third-order valence-electron chi connectivity index (χ3n) is 5.22. The monoisotopic (exact) mass is 495 g/mol. The molecule has 2 aliphatic rings. The third-order valence-corrected chi connectivity index (χ3v) is 5.22. The van der Waals surface area contributed by atoms with Crippen LogP contribution in [0.3, 0.4) is 0 Å². The highest BCUT2D eigenvalue weighted by molar-refractivity contribution is 14.0. The van der Waals surface area contributed by atoms with E-state index in [0.29, 0.717) is 12.7 Å². The van der Waals surface area contributed by atoms with E-state index in [1.54, 1.807) is 0 Å². The number of ether oxygens (including phenoxy) is 2. The molecule has 2 fully saturated rings. The lowest BCUT2D eigenvalue weighted by Gasteiger charge is -2.33. The standard InChI is InChI=1S/C20H37N3O3.HI/c1-3-21-20(22-13-8-16-26-18-9-6-5-7-10-18)23-14-11-17(12-15-23)19(24)25-4-2;/h17-18H,3-16H2,1-2H3,(H,21,22);1H. The molecule has 1 aliphatic heterocycles. The van der Waals surface area contributed by atoms with Gasteiger partial charge in [0.2, 0.25) is 0 Å². The first kappa shape index (κ1) is 24.5. The van der Waals surface area contributed by atoms with Crippen LogP contribution in [0.25, 0.3) is 0 Å². The minimum absolute atomic E-state index is 0. The number of nitrogens with one attached hydrogen (secondary N) is 1. The second-order valence-electron chi connectivity index (χ2n) is 7.23. The molecule has 0 bridgehead atoms. The lowest BCUT2D eigenvalue weighted by Crippen LogP contribution is -2.46. The van der Waals surface area contributed by atoms with Crippen molar-refractivity contribution in [3.05, 3.63) is 0 Å². The number of esters is 1. The number of piperidine rings is 1. The molecule has 158 valence electrons. The number of hydrogen-bond donors (Lipinski definition) is 1. The molecule has 0 aromatic heterocycles. The number of rotatable bonds is 8. The van der Waals surface area contributed by atoms with Crippen LogP contribution in [0.4, 0.5) is 0 Å². The Morgan fingerprint density at radius 2 is 1.81 bits per heavy atom. The zero-order valence-electron chi connectivity index (χ0n) is 17.1. The normalized spacial score (nSPS) is 19.5. The Hall–Kier alpha value is -0.570. The Morgan fingerprint density at radius 3 is 2.44 bits per heavy atom. The van der Waals surface area contributed by atoms with Crippen LogP contribution in [0, 0.1) is 5.92 Å². The first-order chi connectivity index (χ1) is 12.7. The number of carbonyl (C=O) groups is 1. The first-order valence-corrected chi connectivity index (χ1v) is 10.6. The highest BCUT2D eigenvalue weighted by Crippen LogP contribution is 2.20. The zero-order valence-corrected chi connectivity index (χ0v) is 19.4. The predicted molar refractivity (Wildman–Crippen MR) is 120 cm³/mol. The molecule has 1 saturated carbocycles. The summed E-state index contributed by atoms with van der Waals surface area (Å²) in [6.45, 7) is 8.57. The van der Waals surface area contributed by atoms with Crippen LogP contribution in [-0.4, -0.2) is 62.3 Å². The van der Waals surface area contributed by atoms with Crippen molar-refractivity contribution in [2.24, 2.45) is 10.9 Å². The number of carbonyl (C=O) groups excluding carboxylic acids is 1. The highest BCUT2D eigenvalue weighted by Gasteiger charge is 2.27. The number of hydrogen-bond acceptors (Lipinski definition) is 4. The molecule has 1 N–H and O–H groups in total. The van der Waals surface area contributed by atoms with Crippen molar-refractivity contribution in [1.29, 1.82) is 0 Å². The number of halogens is 1. The molecule has 1 heterocycles. The molecule has 0 spiro atoms. The smallest absolute Gasteiger partial charge is 0.309 e. The van der Waals surface area contributed by atoms with Gasteiger partial charge < -0.3 is 19.7 Å². The number of likely N-dealkylation sites (tertiary alicyclic amines) is 1. The first-order valence-electron chi connectivity index (χ1n) is 10.6. The Morgan fingerprint density at radius 1 is 1.11 bits per heavy atom. The van der Waals surface area contributed by atoms with Gasteiger partial charge >= 0.3 is 5.97 Å². The molecule has 2 rings (SSSR count). The Balaban J connectivity index is 0.00000364. The van der Waals surface area contributed by atoms with Gasteiger partial charge in [-0.05, 0) is 46.0 Å². The number of guanidine groups is 1. The minimum atomic E-state index is -0.0473. The van der Waals surface area contributed by atoms with Gasteiger partial charge in [-0.2, -0.15) is 0 Å². The third kappa shape index (κ3) is 8.98. The van der Waals surface area contributed by atoms with Crippen molar-refractivity contribution in [3.63, 3.8) is 0 Å². The van der Waals surface area contributed by atoms with Gasteiger partial charge in [0, 0.05) is 32.8 Å². The lowest BCUT2D eigenvalue weighted by atomic mass is 9.97. The maximum atomic E-state index is 11.9. The molecular weight excluding hydrogens is 457 g/mol. The Bertz CT molecular complexity index is 434. The van der Waals surface area contributed by atoms with Crippen LogP contribution in [0.1, 0.15) is 65.2 Å². The topological polar surface area (TPSA) is 63.2 Å². The minimum Gasteiger partial charge on any atom is -0.466 e. The molecule has 0 unspecified atom stereocenters. The zero-order chi connectivity index (χ0) is 18.6. The predicted octanol–water partition coefficient (Wildman–Crippen LogP) is 3.58. The molecule has 1 aliphatic carbocycles. The van der Waals surface area contributed by atoms with E-state index < -0.39 is 0 Å². The number of aliphatic imine (C=N–C) groups is 1. The van der Waals surface area contributed by atoms with Crippen LogP contribution >= 0.6 is 24.0 Å². The van der Waals surface area contributed by atoms with Gasteiger partial charge in [0.15, 0.2) is 5.96 Å². The molecule has 1 saturated heterocycles. The molecule has 6 nitrogen and oxygen atoms in total. The SMILES string of the molecule is CCNC(=NCCCOC1CCCCC1)N1CCC(C(=O)OCC)CC1.I. The molecule has 0 aromatic rings. The van der Waals surface area contributed by atoms with Crippen molar-refractivity contribution < 1.29 is 14.3 Å². The average molecular weight is 495 g/mol. The van der Waals surface area contributed by atoms with E-state index in [2.05, 4.69) is 17.1 Å². The summed E-state index contributed by atoms with van der Waals surface area (Å²) < 4.78 is 11.1. The van der Waals surface area contributed by atoms with Crippen LogP contribution in [0.2, 0.25) is 0 Å². The van der Waals surface area contributed by atoms with Gasteiger partial charge in [0.25, 0.3) is 0 Å². The van der Waals surface area contributed by atoms with Gasteiger partial charge in [-0.3, -0.25) is 9.79 Å². The van der Waals surface area contributed by atoms with Crippen molar-refractivity contribution >= 4 is 35.9 Å². The molecular formula is C20H38IN3O3. The van der Waals surface area contributed by atoms with E-state index in [9.17, 15) is 4.79 Å². The van der Waals surface area contributed by atoms with Crippen LogP contribution in [0.5, 0.6) is 0 Å². The fourth-order valence-electron chi connectivity index (χ4n) is 3.74. The van der Waals surface area contributed by atoms with Gasteiger partial charge in [-0.15, -0.1) is 24.0 Å². The van der Waals surface area contributed by atoms with E-state index in [1.165, 1.54) is 32.1 Å². The van der Waals surface area contributed by atoms with Crippen LogP contribution in [-0.2, 0) is 14.3 Å². The molecule has 7 heteroatoms. The molecule has 27 heavy (non-hydrogen) atoms. The lowest BCUT2D eigenvalue weighted by molar-refractivity contribution is -0.149. The molecule has 0 radical (unpaired) electrons. The summed E-state index contributed by atoms with van der Waals surface area (Å²) in [6.07, 6.45) is 9.56. The molecule has 0 aromatic carbocycles. The summed E-state index contributed by atoms with van der Waals surface area (Å²) >= 11 is 0. The maximum absolute atomic E-state index is 11.9. The van der Waals surface area contributed by atoms with E-state index >= 15 is 0 Å². The van der Waals surface area contributed by atoms with E-state index in [0.717, 1.165) is 58.0 Å². The molecule has 0 amide bonds. The van der Waals surface area contributed by atoms with Crippen LogP contribution < -0.4 is 5.32 Å². The summed E-state index contributed by atoms with van der Waals surface area (Å²) in [5.41, 5.74) is 0. The van der Waals surface area contributed by atoms with E-state index in [4.69, 9.17) is 14.5 Å². The quantitative estimate of drug-likeness (QED) is 0.183. The van der Waals surface area contributed by atoms with Crippen molar-refractivity contribution in [3.8, 4) is 0 Å². The largest absolute Gasteiger partial charge is 0.466 e. The Kier molecular flexibility index (Phi) is 13.1. The highest BCUT2D eigenvalue weighted by atomic mass is 127. The van der Waals surface area contributed by atoms with E-state index in [-0.39, 0.29) is 35.9 Å². The maximum Gasteiger partial charge on any atom is 0.309 e. The van der Waals surface area contributed by atoms with Gasteiger partial charge in [-0.1, -0.05) is 19.3 Å². The average Bonchev–Trinajstić information content (AvgIpc) is 2.68. The molecule has 0 atom stereocenters. The summed E-state index contributed by atoms with van der Waals surface area (Å²) in [5.74, 6) is 0.958. The summed E-state index contributed by atoms with van der Waals surface area (Å²) in [6, 6.07) is 0. The van der Waals surface area contributed by atoms with E-state index in [1.807, 2.05) is 6.92 Å². The van der Waals surface area contributed by atoms with Gasteiger partial charge in [0.05, 0.1) is 18.6 Å². The second-order valence-corrected chi connectivity index (χ2v) is 7.23. The van der Waals surface area contributed by atoms with Crippen molar-refractivity contribution in [2.45, 2.75) is 71.3 Å². The summed E-state index contributed by atoms with van der Waals surface area (Å²) in [5, 5.41) is 3.38. The van der Waals surface area contributed by atoms with Crippen molar-refractivity contribution in [2.75, 3.05) is 39.4 Å². The van der Waals surface area contributed by atoms with Crippen LogP contribution in [0.15, 0.2) is 4.99 Å². The summed E-state index contributed by atoms with van der Waals surface area (Å²) in [4.78, 5) is 18.9. The fourth-order valence-corrected chi connectivity index (χ4v) is 3.74. The van der Waals surface area contributed by atoms with Gasteiger partial charge in [-0.25, -0.2) is 0 Å².